The van der Waals surface area contributed by atoms with E-state index in [1.165, 1.54) is 16.7 Å². The molecule has 1 saturated carbocycles. The maximum atomic E-state index is 12.0. The van der Waals surface area contributed by atoms with Gasteiger partial charge >= 0.3 is 6.03 Å². The Bertz CT molecular complexity index is 581. The first-order valence-corrected chi connectivity index (χ1v) is 7.94. The van der Waals surface area contributed by atoms with Crippen molar-refractivity contribution in [2.75, 3.05) is 18.8 Å². The second-order valence-electron chi connectivity index (χ2n) is 5.08. The van der Waals surface area contributed by atoms with Gasteiger partial charge in [0.25, 0.3) is 0 Å². The highest BCUT2D eigenvalue weighted by Gasteiger charge is 2.31. The first-order valence-electron chi connectivity index (χ1n) is 6.95. The summed E-state index contributed by atoms with van der Waals surface area (Å²) in [6.07, 6.45) is 4.09. The van der Waals surface area contributed by atoms with Crippen molar-refractivity contribution in [3.05, 3.63) is 18.5 Å². The third-order valence-corrected chi connectivity index (χ3v) is 4.43. The Morgan fingerprint density at radius 2 is 2.29 bits per heavy atom. The third-order valence-electron chi connectivity index (χ3n) is 3.48. The number of amides is 3. The number of carbonyl (C=O) groups is 2. The van der Waals surface area contributed by atoms with Gasteiger partial charge in [-0.3, -0.25) is 9.69 Å². The lowest BCUT2D eigenvalue weighted by Gasteiger charge is -2.11. The zero-order valence-corrected chi connectivity index (χ0v) is 12.4. The molecule has 1 aliphatic heterocycles. The second kappa shape index (κ2) is 5.88. The summed E-state index contributed by atoms with van der Waals surface area (Å²) in [7, 11) is 0. The fourth-order valence-corrected chi connectivity index (χ4v) is 3.10. The highest BCUT2D eigenvalue weighted by atomic mass is 32.2. The van der Waals surface area contributed by atoms with Gasteiger partial charge in [0.15, 0.2) is 5.16 Å². The number of hydrogen-bond donors (Lipinski definition) is 1. The van der Waals surface area contributed by atoms with E-state index in [-0.39, 0.29) is 17.7 Å². The molecule has 1 aromatic rings. The Balaban J connectivity index is 1.65. The molecule has 1 N–H and O–H groups in total. The van der Waals surface area contributed by atoms with Gasteiger partial charge in [-0.25, -0.2) is 4.79 Å². The van der Waals surface area contributed by atoms with Gasteiger partial charge in [0.1, 0.15) is 5.82 Å². The molecule has 2 heterocycles. The average Bonchev–Trinajstić information content (AvgIpc) is 3.10. The molecule has 2 aliphatic rings. The summed E-state index contributed by atoms with van der Waals surface area (Å²) in [4.78, 5) is 24.7. The van der Waals surface area contributed by atoms with Crippen LogP contribution >= 0.6 is 11.8 Å². The van der Waals surface area contributed by atoms with E-state index in [0.717, 1.165) is 18.7 Å². The first-order chi connectivity index (χ1) is 10.2. The zero-order chi connectivity index (χ0) is 14.8. The van der Waals surface area contributed by atoms with Crippen LogP contribution in [0, 0.1) is 0 Å². The monoisotopic (exact) mass is 307 g/mol. The molecule has 0 radical (unpaired) electrons. The van der Waals surface area contributed by atoms with Gasteiger partial charge in [-0.2, -0.15) is 0 Å². The summed E-state index contributed by atoms with van der Waals surface area (Å²) < 4.78 is 2.01. The molecular formula is C13H17N5O2S. The van der Waals surface area contributed by atoms with E-state index in [1.807, 2.05) is 4.57 Å². The van der Waals surface area contributed by atoms with Gasteiger partial charge in [-0.1, -0.05) is 17.8 Å². The molecule has 7 nitrogen and oxygen atoms in total. The van der Waals surface area contributed by atoms with Crippen molar-refractivity contribution in [2.24, 2.45) is 0 Å². The van der Waals surface area contributed by atoms with Gasteiger partial charge in [0.05, 0.1) is 5.75 Å². The maximum Gasteiger partial charge on any atom is 0.324 e. The highest BCUT2D eigenvalue weighted by molar-refractivity contribution is 7.99. The minimum absolute atomic E-state index is 0.188. The van der Waals surface area contributed by atoms with Crippen LogP contribution in [0.25, 0.3) is 0 Å². The minimum Gasteiger partial charge on any atom is -0.336 e. The smallest absolute Gasteiger partial charge is 0.324 e. The van der Waals surface area contributed by atoms with E-state index in [4.69, 9.17) is 0 Å². The number of urea groups is 1. The van der Waals surface area contributed by atoms with E-state index in [9.17, 15) is 9.59 Å². The SMILES string of the molecule is C=CCn1c(SCC(=O)N2CCNC2=O)nnc1C1CC1. The Morgan fingerprint density at radius 3 is 2.90 bits per heavy atom. The molecule has 1 saturated heterocycles. The average molecular weight is 307 g/mol. The number of allylic oxidation sites excluding steroid dienone is 1. The molecule has 1 aromatic heterocycles. The largest absolute Gasteiger partial charge is 0.336 e. The zero-order valence-electron chi connectivity index (χ0n) is 11.6. The second-order valence-corrected chi connectivity index (χ2v) is 6.02. The molecule has 0 aromatic carbocycles. The lowest BCUT2D eigenvalue weighted by Crippen LogP contribution is -2.35. The maximum absolute atomic E-state index is 12.0. The number of rotatable bonds is 6. The molecule has 3 rings (SSSR count). The topological polar surface area (TPSA) is 80.1 Å². The number of carbonyl (C=O) groups excluding carboxylic acids is 2. The van der Waals surface area contributed by atoms with Gasteiger partial charge in [-0.05, 0) is 12.8 Å². The number of nitrogens with one attached hydrogen (secondary N) is 1. The number of hydrogen-bond acceptors (Lipinski definition) is 5. The fraction of sp³-hybridized carbons (Fsp3) is 0.538. The van der Waals surface area contributed by atoms with Crippen molar-refractivity contribution < 1.29 is 9.59 Å². The van der Waals surface area contributed by atoms with Crippen LogP contribution in [0.15, 0.2) is 17.8 Å². The molecule has 0 unspecified atom stereocenters. The van der Waals surface area contributed by atoms with Crippen molar-refractivity contribution in [1.82, 2.24) is 25.0 Å². The van der Waals surface area contributed by atoms with E-state index in [0.29, 0.717) is 30.7 Å². The van der Waals surface area contributed by atoms with Gasteiger partial charge in [-0.15, -0.1) is 16.8 Å². The number of nitrogens with zero attached hydrogens (tertiary/aromatic N) is 4. The van der Waals surface area contributed by atoms with Crippen molar-refractivity contribution >= 4 is 23.7 Å². The van der Waals surface area contributed by atoms with Crippen LogP contribution in [-0.2, 0) is 11.3 Å². The highest BCUT2D eigenvalue weighted by Crippen LogP contribution is 2.40. The van der Waals surface area contributed by atoms with E-state index < -0.39 is 0 Å². The molecule has 8 heteroatoms. The van der Waals surface area contributed by atoms with Crippen LogP contribution < -0.4 is 5.32 Å². The van der Waals surface area contributed by atoms with Crippen LogP contribution in [0.5, 0.6) is 0 Å². The van der Waals surface area contributed by atoms with Gasteiger partial charge in [0.2, 0.25) is 5.91 Å². The molecular weight excluding hydrogens is 290 g/mol. The number of imide groups is 1. The number of aromatic nitrogens is 3. The molecule has 3 amide bonds. The molecule has 0 spiro atoms. The van der Waals surface area contributed by atoms with Crippen LogP contribution in [0.2, 0.25) is 0 Å². The lowest BCUT2D eigenvalue weighted by atomic mass is 10.4. The fourth-order valence-electron chi connectivity index (χ4n) is 2.26. The Morgan fingerprint density at radius 1 is 1.48 bits per heavy atom. The van der Waals surface area contributed by atoms with E-state index in [1.54, 1.807) is 6.08 Å². The van der Waals surface area contributed by atoms with Crippen LogP contribution in [0.3, 0.4) is 0 Å². The minimum atomic E-state index is -0.313. The molecule has 2 fully saturated rings. The van der Waals surface area contributed by atoms with Gasteiger partial charge in [0, 0.05) is 25.6 Å². The summed E-state index contributed by atoms with van der Waals surface area (Å²) in [5.41, 5.74) is 0. The van der Waals surface area contributed by atoms with Gasteiger partial charge < -0.3 is 9.88 Å². The standard InChI is InChI=1S/C13H17N5O2S/c1-2-6-18-11(9-3-4-9)15-16-13(18)21-8-10(19)17-7-5-14-12(17)20/h2,9H,1,3-8H2,(H,14,20). The Labute approximate surface area is 126 Å². The lowest BCUT2D eigenvalue weighted by molar-refractivity contribution is -0.124. The van der Waals surface area contributed by atoms with Crippen molar-refractivity contribution in [3.8, 4) is 0 Å². The number of thioether (sulfide) groups is 1. The predicted octanol–water partition coefficient (Wildman–Crippen LogP) is 0.985. The molecule has 0 atom stereocenters. The summed E-state index contributed by atoms with van der Waals surface area (Å²) >= 11 is 1.32. The summed E-state index contributed by atoms with van der Waals surface area (Å²) in [6, 6.07) is -0.313. The Hall–Kier alpha value is -1.83. The molecule has 21 heavy (non-hydrogen) atoms. The quantitative estimate of drug-likeness (QED) is 0.626. The van der Waals surface area contributed by atoms with Crippen LogP contribution in [0.1, 0.15) is 24.6 Å². The van der Waals surface area contributed by atoms with Crippen molar-refractivity contribution in [2.45, 2.75) is 30.5 Å². The van der Waals surface area contributed by atoms with E-state index in [2.05, 4.69) is 22.1 Å². The van der Waals surface area contributed by atoms with Crippen LogP contribution in [-0.4, -0.2) is 50.4 Å². The third kappa shape index (κ3) is 2.94. The van der Waals surface area contributed by atoms with Crippen molar-refractivity contribution in [3.63, 3.8) is 0 Å². The van der Waals surface area contributed by atoms with Crippen molar-refractivity contribution in [1.29, 1.82) is 0 Å². The summed E-state index contributed by atoms with van der Waals surface area (Å²) in [6.45, 7) is 5.35. The molecule has 1 aliphatic carbocycles. The van der Waals surface area contributed by atoms with E-state index >= 15 is 0 Å². The molecule has 0 bridgehead atoms. The first kappa shape index (κ1) is 14.1. The molecule has 112 valence electrons. The normalized spacial score (nSPS) is 17.9. The predicted molar refractivity (Wildman–Crippen MR) is 78.0 cm³/mol. The Kier molecular flexibility index (Phi) is 3.96. The summed E-state index contributed by atoms with van der Waals surface area (Å²) in [5, 5.41) is 11.7. The summed E-state index contributed by atoms with van der Waals surface area (Å²) in [5.74, 6) is 1.46. The van der Waals surface area contributed by atoms with Crippen LogP contribution in [0.4, 0.5) is 4.79 Å².